The van der Waals surface area contributed by atoms with Gasteiger partial charge in [0, 0.05) is 37.0 Å². The van der Waals surface area contributed by atoms with Gasteiger partial charge in [0.25, 0.3) is 0 Å². The van der Waals surface area contributed by atoms with E-state index in [9.17, 15) is 0 Å². The van der Waals surface area contributed by atoms with E-state index in [2.05, 4.69) is 215 Å². The molecule has 2 aromatic heterocycles. The molecular formula is C55H34N2S. The highest BCUT2D eigenvalue weighted by molar-refractivity contribution is 7.99. The third-order valence-corrected chi connectivity index (χ3v) is 14.0. The standard InChI is InChI=1S/C55H34N2S/c1-2-14-38(15-3-1)56-48-24-8-5-17-41(48)43-34-37(32-33-50(43)56)35-28-30-36(31-29-35)39-18-12-23-47-54(39)58-52-27-11-7-21-45(52)55(47)44-20-6-10-26-51(44)57-49-25-9-4-16-40(49)42-19-13-22-46(55)53(42)57/h1-34H. The highest BCUT2D eigenvalue weighted by Gasteiger charge is 2.49. The second-order valence-corrected chi connectivity index (χ2v) is 16.7. The molecule has 0 amide bonds. The Bertz CT molecular complexity index is 3480. The van der Waals surface area contributed by atoms with Crippen LogP contribution in [0.2, 0.25) is 0 Å². The fourth-order valence-electron chi connectivity index (χ4n) is 10.4. The predicted octanol–water partition coefficient (Wildman–Crippen LogP) is 14.4. The van der Waals surface area contributed by atoms with Gasteiger partial charge in [-0.2, -0.15) is 0 Å². The average molecular weight is 755 g/mol. The molecule has 0 radical (unpaired) electrons. The summed E-state index contributed by atoms with van der Waals surface area (Å²) in [4.78, 5) is 2.62. The lowest BCUT2D eigenvalue weighted by molar-refractivity contribution is 0.690. The zero-order valence-corrected chi connectivity index (χ0v) is 32.2. The second kappa shape index (κ2) is 12.0. The van der Waals surface area contributed by atoms with Gasteiger partial charge in [0.05, 0.1) is 33.2 Å². The highest BCUT2D eigenvalue weighted by Crippen LogP contribution is 2.61. The first-order valence-electron chi connectivity index (χ1n) is 20.0. The smallest absolute Gasteiger partial charge is 0.0764 e. The van der Waals surface area contributed by atoms with Crippen molar-refractivity contribution in [1.29, 1.82) is 0 Å². The van der Waals surface area contributed by atoms with E-state index in [1.54, 1.807) is 0 Å². The molecule has 3 heteroatoms. The van der Waals surface area contributed by atoms with E-state index in [1.807, 2.05) is 11.8 Å². The molecule has 0 saturated carbocycles. The van der Waals surface area contributed by atoms with Gasteiger partial charge in [0.15, 0.2) is 0 Å². The largest absolute Gasteiger partial charge is 0.309 e. The third-order valence-electron chi connectivity index (χ3n) is 12.8. The van der Waals surface area contributed by atoms with Crippen LogP contribution in [-0.4, -0.2) is 9.13 Å². The van der Waals surface area contributed by atoms with Gasteiger partial charge in [0.2, 0.25) is 0 Å². The molecule has 1 atom stereocenters. The molecule has 0 bridgehead atoms. The first kappa shape index (κ1) is 32.1. The van der Waals surface area contributed by atoms with Crippen LogP contribution >= 0.6 is 11.8 Å². The number of hydrogen-bond donors (Lipinski definition) is 0. The van der Waals surface area contributed by atoms with Gasteiger partial charge in [0.1, 0.15) is 0 Å². The van der Waals surface area contributed by atoms with Crippen molar-refractivity contribution in [3.8, 4) is 33.6 Å². The number of benzene rings is 9. The predicted molar refractivity (Wildman–Crippen MR) is 242 cm³/mol. The topological polar surface area (TPSA) is 9.86 Å². The van der Waals surface area contributed by atoms with Gasteiger partial charge in [-0.05, 0) is 93.0 Å². The second-order valence-electron chi connectivity index (χ2n) is 15.6. The Morgan fingerprint density at radius 2 is 0.948 bits per heavy atom. The molecule has 58 heavy (non-hydrogen) atoms. The minimum atomic E-state index is -0.498. The average Bonchev–Trinajstić information content (AvgIpc) is 3.81. The number of aromatic nitrogens is 2. The lowest BCUT2D eigenvalue weighted by atomic mass is 9.62. The summed E-state index contributed by atoms with van der Waals surface area (Å²) in [5.41, 5.74) is 17.2. The number of hydrogen-bond acceptors (Lipinski definition) is 1. The fraction of sp³-hybridized carbons (Fsp3) is 0.0182. The maximum Gasteiger partial charge on any atom is 0.0764 e. The van der Waals surface area contributed by atoms with Gasteiger partial charge in [-0.3, -0.25) is 0 Å². The molecule has 1 unspecified atom stereocenters. The molecule has 1 spiro atoms. The van der Waals surface area contributed by atoms with Crippen LogP contribution in [0.3, 0.4) is 0 Å². The Morgan fingerprint density at radius 3 is 1.79 bits per heavy atom. The van der Waals surface area contributed by atoms with Crippen molar-refractivity contribution in [3.63, 3.8) is 0 Å². The quantitative estimate of drug-likeness (QED) is 0.175. The Balaban J connectivity index is 0.998. The van der Waals surface area contributed by atoms with Crippen molar-refractivity contribution >= 4 is 55.4 Å². The number of rotatable bonds is 3. The summed E-state index contributed by atoms with van der Waals surface area (Å²) in [6.07, 6.45) is 0. The summed E-state index contributed by atoms with van der Waals surface area (Å²) in [6, 6.07) is 76.7. The SMILES string of the molecule is c1ccc(-n2c3ccccc3c3cc(-c4ccc(-c5cccc6c5Sc5ccccc5C65c6ccccc6-n6c7ccccc7c7cccc5c76)cc4)ccc32)cc1. The molecule has 270 valence electrons. The minimum Gasteiger partial charge on any atom is -0.309 e. The molecule has 4 heterocycles. The maximum atomic E-state index is 2.52. The van der Waals surface area contributed by atoms with Crippen LogP contribution < -0.4 is 0 Å². The van der Waals surface area contributed by atoms with Gasteiger partial charge >= 0.3 is 0 Å². The number of fused-ring (bicyclic) bond motifs is 14. The zero-order valence-electron chi connectivity index (χ0n) is 31.4. The summed E-state index contributed by atoms with van der Waals surface area (Å²) in [5.74, 6) is 0. The summed E-state index contributed by atoms with van der Waals surface area (Å²) < 4.78 is 4.90. The molecule has 9 aromatic carbocycles. The Kier molecular flexibility index (Phi) is 6.62. The first-order valence-corrected chi connectivity index (χ1v) is 20.8. The number of para-hydroxylation sites is 5. The lowest BCUT2D eigenvalue weighted by Gasteiger charge is -2.45. The van der Waals surface area contributed by atoms with Crippen LogP contribution in [0.25, 0.3) is 77.2 Å². The molecule has 2 aliphatic rings. The Labute approximate surface area is 340 Å². The molecule has 0 fully saturated rings. The van der Waals surface area contributed by atoms with Crippen LogP contribution in [-0.2, 0) is 5.41 Å². The molecule has 2 nitrogen and oxygen atoms in total. The van der Waals surface area contributed by atoms with Crippen molar-refractivity contribution in [1.82, 2.24) is 9.13 Å². The van der Waals surface area contributed by atoms with E-state index in [0.29, 0.717) is 0 Å². The van der Waals surface area contributed by atoms with Gasteiger partial charge in [-0.25, -0.2) is 0 Å². The summed E-state index contributed by atoms with van der Waals surface area (Å²) >= 11 is 1.92. The van der Waals surface area contributed by atoms with Crippen LogP contribution in [0.5, 0.6) is 0 Å². The van der Waals surface area contributed by atoms with Crippen molar-refractivity contribution in [2.45, 2.75) is 15.2 Å². The third kappa shape index (κ3) is 4.18. The van der Waals surface area contributed by atoms with E-state index in [1.165, 1.54) is 109 Å². The molecule has 11 aromatic rings. The summed E-state index contributed by atoms with van der Waals surface area (Å²) in [7, 11) is 0. The van der Waals surface area contributed by atoms with E-state index in [4.69, 9.17) is 0 Å². The summed E-state index contributed by atoms with van der Waals surface area (Å²) in [5, 5.41) is 5.12. The van der Waals surface area contributed by atoms with Gasteiger partial charge in [-0.1, -0.05) is 169 Å². The monoisotopic (exact) mass is 754 g/mol. The van der Waals surface area contributed by atoms with Crippen molar-refractivity contribution in [2.24, 2.45) is 0 Å². The molecule has 0 N–H and O–H groups in total. The normalized spacial score (nSPS) is 15.2. The maximum absolute atomic E-state index is 2.52. The molecule has 13 rings (SSSR count). The van der Waals surface area contributed by atoms with E-state index in [-0.39, 0.29) is 0 Å². The van der Waals surface area contributed by atoms with Crippen LogP contribution in [0.15, 0.2) is 216 Å². The van der Waals surface area contributed by atoms with Crippen molar-refractivity contribution in [2.75, 3.05) is 0 Å². The first-order chi connectivity index (χ1) is 28.8. The summed E-state index contributed by atoms with van der Waals surface area (Å²) in [6.45, 7) is 0. The zero-order chi connectivity index (χ0) is 38.0. The van der Waals surface area contributed by atoms with Crippen molar-refractivity contribution in [3.05, 3.63) is 229 Å². The van der Waals surface area contributed by atoms with E-state index >= 15 is 0 Å². The fourth-order valence-corrected chi connectivity index (χ4v) is 11.7. The van der Waals surface area contributed by atoms with Crippen LogP contribution in [0.1, 0.15) is 22.3 Å². The van der Waals surface area contributed by atoms with E-state index in [0.717, 1.165) is 0 Å². The number of nitrogens with zero attached hydrogens (tertiary/aromatic N) is 2. The molecule has 2 aliphatic heterocycles. The Hall–Kier alpha value is -7.07. The van der Waals surface area contributed by atoms with Gasteiger partial charge < -0.3 is 9.13 Å². The Morgan fingerprint density at radius 1 is 0.362 bits per heavy atom. The molecular weight excluding hydrogens is 721 g/mol. The molecule has 0 aliphatic carbocycles. The van der Waals surface area contributed by atoms with E-state index < -0.39 is 5.41 Å². The van der Waals surface area contributed by atoms with Crippen molar-refractivity contribution < 1.29 is 0 Å². The van der Waals surface area contributed by atoms with Gasteiger partial charge in [-0.15, -0.1) is 0 Å². The van der Waals surface area contributed by atoms with Crippen LogP contribution in [0.4, 0.5) is 0 Å². The van der Waals surface area contributed by atoms with Crippen LogP contribution in [0, 0.1) is 0 Å². The lowest BCUT2D eigenvalue weighted by Crippen LogP contribution is -2.37. The minimum absolute atomic E-state index is 0.498. The highest BCUT2D eigenvalue weighted by atomic mass is 32.2. The molecule has 0 saturated heterocycles.